The second kappa shape index (κ2) is 6.61. The van der Waals surface area contributed by atoms with Crippen LogP contribution in [0.2, 0.25) is 0 Å². The van der Waals surface area contributed by atoms with Crippen LogP contribution in [-0.4, -0.2) is 40.0 Å². The summed E-state index contributed by atoms with van der Waals surface area (Å²) in [6.45, 7) is 0.336. The zero-order valence-electron chi connectivity index (χ0n) is 14.5. The van der Waals surface area contributed by atoms with Crippen molar-refractivity contribution in [2.75, 3.05) is 18.0 Å². The van der Waals surface area contributed by atoms with Crippen LogP contribution in [0.3, 0.4) is 0 Å². The molecule has 0 radical (unpaired) electrons. The number of benzene rings is 1. The van der Waals surface area contributed by atoms with Crippen molar-refractivity contribution in [3.8, 4) is 16.9 Å². The normalized spacial score (nSPS) is 17.1. The van der Waals surface area contributed by atoms with Crippen LogP contribution < -0.4 is 9.64 Å². The van der Waals surface area contributed by atoms with E-state index < -0.39 is 12.3 Å². The molecule has 0 bridgehead atoms. The molecular formula is C18H15F5N4O. The van der Waals surface area contributed by atoms with Crippen molar-refractivity contribution in [1.82, 2.24) is 14.6 Å². The van der Waals surface area contributed by atoms with Gasteiger partial charge in [-0.15, -0.1) is 23.4 Å². The molecule has 3 aromatic rings. The van der Waals surface area contributed by atoms with Gasteiger partial charge in [-0.1, -0.05) is 12.1 Å². The van der Waals surface area contributed by atoms with Gasteiger partial charge < -0.3 is 9.64 Å². The van der Waals surface area contributed by atoms with Gasteiger partial charge in [0.1, 0.15) is 5.75 Å². The second-order valence-electron chi connectivity index (χ2n) is 6.56. The first kappa shape index (κ1) is 18.5. The number of alkyl halides is 5. The fraction of sp³-hybridized carbons (Fsp3) is 0.333. The summed E-state index contributed by atoms with van der Waals surface area (Å²) in [7, 11) is 0. The Bertz CT molecular complexity index is 974. The highest BCUT2D eigenvalue weighted by Crippen LogP contribution is 2.31. The fourth-order valence-electron chi connectivity index (χ4n) is 3.15. The van der Waals surface area contributed by atoms with E-state index in [0.29, 0.717) is 17.2 Å². The molecule has 10 heteroatoms. The summed E-state index contributed by atoms with van der Waals surface area (Å²) in [5, 5.41) is 8.16. The maximum atomic E-state index is 13.4. The molecule has 0 N–H and O–H groups in total. The zero-order valence-corrected chi connectivity index (χ0v) is 14.5. The summed E-state index contributed by atoms with van der Waals surface area (Å²) in [5.74, 6) is -2.51. The Morgan fingerprint density at radius 1 is 0.893 bits per heavy atom. The highest BCUT2D eigenvalue weighted by atomic mass is 19.4. The van der Waals surface area contributed by atoms with E-state index in [2.05, 4.69) is 14.9 Å². The summed E-state index contributed by atoms with van der Waals surface area (Å²) in [4.78, 5) is 1.75. The molecule has 5 nitrogen and oxygen atoms in total. The molecule has 0 saturated carbocycles. The van der Waals surface area contributed by atoms with Crippen LogP contribution in [0.5, 0.6) is 5.75 Å². The quantitative estimate of drug-likeness (QED) is 0.608. The van der Waals surface area contributed by atoms with Crippen LogP contribution in [0, 0.1) is 0 Å². The van der Waals surface area contributed by atoms with Crippen LogP contribution in [-0.2, 0) is 0 Å². The predicted octanol–water partition coefficient (Wildman–Crippen LogP) is 4.53. The molecule has 1 aliphatic rings. The van der Waals surface area contributed by atoms with Gasteiger partial charge in [0.15, 0.2) is 5.65 Å². The Hall–Kier alpha value is -2.91. The molecule has 0 spiro atoms. The molecule has 0 aliphatic carbocycles. The minimum atomic E-state index is -4.75. The summed E-state index contributed by atoms with van der Waals surface area (Å²) in [6.07, 6.45) is -3.51. The van der Waals surface area contributed by atoms with Gasteiger partial charge in [-0.3, -0.25) is 4.40 Å². The van der Waals surface area contributed by atoms with Gasteiger partial charge in [-0.05, 0) is 35.4 Å². The smallest absolute Gasteiger partial charge is 0.406 e. The van der Waals surface area contributed by atoms with E-state index in [1.165, 1.54) is 24.3 Å². The van der Waals surface area contributed by atoms with E-state index in [4.69, 9.17) is 0 Å². The third-order valence-electron chi connectivity index (χ3n) is 4.58. The maximum absolute atomic E-state index is 13.4. The van der Waals surface area contributed by atoms with E-state index in [9.17, 15) is 22.0 Å². The van der Waals surface area contributed by atoms with E-state index >= 15 is 0 Å². The molecule has 1 saturated heterocycles. The molecule has 0 unspecified atom stereocenters. The molecule has 28 heavy (non-hydrogen) atoms. The lowest BCUT2D eigenvalue weighted by Gasteiger charge is -2.31. The number of halogens is 5. The predicted molar refractivity (Wildman–Crippen MR) is 91.5 cm³/mol. The van der Waals surface area contributed by atoms with Gasteiger partial charge in [-0.25, -0.2) is 8.78 Å². The standard InChI is InChI=1S/C18H15F5N4O/c19-17(20)7-9-26(10-8-17)16-25-24-15-6-3-13(11-27(15)16)12-1-4-14(5-2-12)28-18(21,22)23/h1-6,11H,7-10H2. The Morgan fingerprint density at radius 3 is 2.18 bits per heavy atom. The summed E-state index contributed by atoms with van der Waals surface area (Å²) >= 11 is 0. The monoisotopic (exact) mass is 398 g/mol. The van der Waals surface area contributed by atoms with Crippen LogP contribution in [0.15, 0.2) is 42.6 Å². The van der Waals surface area contributed by atoms with Crippen molar-refractivity contribution in [2.45, 2.75) is 25.1 Å². The first-order chi connectivity index (χ1) is 13.2. The molecule has 4 rings (SSSR count). The number of hydrogen-bond donors (Lipinski definition) is 0. The van der Waals surface area contributed by atoms with Gasteiger partial charge >= 0.3 is 6.36 Å². The maximum Gasteiger partial charge on any atom is 0.573 e. The third-order valence-corrected chi connectivity index (χ3v) is 4.58. The molecule has 1 aromatic carbocycles. The van der Waals surface area contributed by atoms with Gasteiger partial charge in [0.05, 0.1) is 0 Å². The Kier molecular flexibility index (Phi) is 4.35. The number of fused-ring (bicyclic) bond motifs is 1. The van der Waals surface area contributed by atoms with Crippen molar-refractivity contribution >= 4 is 11.6 Å². The SMILES string of the molecule is FC1(F)CCN(c2nnc3ccc(-c4ccc(OC(F)(F)F)cc4)cn23)CC1. The lowest BCUT2D eigenvalue weighted by atomic mass is 10.1. The molecular weight excluding hydrogens is 383 g/mol. The van der Waals surface area contributed by atoms with Gasteiger partial charge in [0.25, 0.3) is 5.92 Å². The Labute approximate surface area is 156 Å². The number of nitrogens with zero attached hydrogens (tertiary/aromatic N) is 4. The van der Waals surface area contributed by atoms with Crippen LogP contribution in [0.4, 0.5) is 27.9 Å². The molecule has 0 atom stereocenters. The highest BCUT2D eigenvalue weighted by Gasteiger charge is 2.35. The molecule has 148 valence electrons. The highest BCUT2D eigenvalue weighted by molar-refractivity contribution is 5.66. The number of rotatable bonds is 3. The molecule has 1 aliphatic heterocycles. The fourth-order valence-corrected chi connectivity index (χ4v) is 3.15. The van der Waals surface area contributed by atoms with E-state index in [1.807, 2.05) is 0 Å². The topological polar surface area (TPSA) is 42.7 Å². The number of anilines is 1. The minimum absolute atomic E-state index is 0.168. The van der Waals surface area contributed by atoms with Gasteiger partial charge in [0.2, 0.25) is 5.95 Å². The van der Waals surface area contributed by atoms with E-state index in [1.54, 1.807) is 27.6 Å². The van der Waals surface area contributed by atoms with Gasteiger partial charge in [0, 0.05) is 32.1 Å². The van der Waals surface area contributed by atoms with Crippen LogP contribution >= 0.6 is 0 Å². The number of ether oxygens (including phenoxy) is 1. The number of hydrogen-bond acceptors (Lipinski definition) is 4. The molecule has 2 aromatic heterocycles. The lowest BCUT2D eigenvalue weighted by Crippen LogP contribution is -2.40. The van der Waals surface area contributed by atoms with Crippen molar-refractivity contribution < 1.29 is 26.7 Å². The van der Waals surface area contributed by atoms with Crippen molar-refractivity contribution in [3.05, 3.63) is 42.6 Å². The second-order valence-corrected chi connectivity index (χ2v) is 6.56. The number of aromatic nitrogens is 3. The van der Waals surface area contributed by atoms with Crippen molar-refractivity contribution in [2.24, 2.45) is 0 Å². The minimum Gasteiger partial charge on any atom is -0.406 e. The van der Waals surface area contributed by atoms with Crippen LogP contribution in [0.1, 0.15) is 12.8 Å². The van der Waals surface area contributed by atoms with E-state index in [-0.39, 0.29) is 31.7 Å². The van der Waals surface area contributed by atoms with E-state index in [0.717, 1.165) is 5.56 Å². The molecule has 3 heterocycles. The van der Waals surface area contributed by atoms with Crippen LogP contribution in [0.25, 0.3) is 16.8 Å². The summed E-state index contributed by atoms with van der Waals surface area (Å²) < 4.78 is 69.2. The number of piperidine rings is 1. The summed E-state index contributed by atoms with van der Waals surface area (Å²) in [5.41, 5.74) is 1.93. The van der Waals surface area contributed by atoms with Gasteiger partial charge in [-0.2, -0.15) is 0 Å². The zero-order chi connectivity index (χ0) is 19.9. The lowest BCUT2D eigenvalue weighted by molar-refractivity contribution is -0.274. The number of pyridine rings is 1. The molecule has 0 amide bonds. The third kappa shape index (κ3) is 3.85. The van der Waals surface area contributed by atoms with Crippen molar-refractivity contribution in [3.63, 3.8) is 0 Å². The largest absolute Gasteiger partial charge is 0.573 e. The Morgan fingerprint density at radius 2 is 1.54 bits per heavy atom. The first-order valence-corrected chi connectivity index (χ1v) is 8.54. The first-order valence-electron chi connectivity index (χ1n) is 8.54. The Balaban J connectivity index is 1.61. The average Bonchev–Trinajstić information content (AvgIpc) is 3.04. The average molecular weight is 398 g/mol. The molecule has 1 fully saturated rings. The summed E-state index contributed by atoms with van der Waals surface area (Å²) in [6, 6.07) is 8.95. The van der Waals surface area contributed by atoms with Crippen molar-refractivity contribution in [1.29, 1.82) is 0 Å².